The van der Waals surface area contributed by atoms with Crippen molar-refractivity contribution in [3.05, 3.63) is 122 Å². The first-order chi connectivity index (χ1) is 28.6. The van der Waals surface area contributed by atoms with Gasteiger partial charge in [-0.2, -0.15) is 9.78 Å². The van der Waals surface area contributed by atoms with Crippen LogP contribution in [-0.2, 0) is 56.5 Å². The molecule has 0 amide bonds. The first-order valence-electron chi connectivity index (χ1n) is 19.3. The van der Waals surface area contributed by atoms with Crippen molar-refractivity contribution in [3.63, 3.8) is 0 Å². The predicted octanol–water partition coefficient (Wildman–Crippen LogP) is 27.2. The van der Waals surface area contributed by atoms with Gasteiger partial charge >= 0.3 is 0 Å². The Kier molecular flexibility index (Phi) is 237. The molecule has 14 heteroatoms. The Labute approximate surface area is 563 Å². The van der Waals surface area contributed by atoms with Crippen molar-refractivity contribution in [2.24, 2.45) is 0 Å². The Hall–Kier alpha value is -5.33. The average molecular weight is 1290 g/mol. The van der Waals surface area contributed by atoms with E-state index in [0.29, 0.717) is 47.9 Å². The van der Waals surface area contributed by atoms with E-state index in [1.807, 2.05) is 118 Å². The summed E-state index contributed by atoms with van der Waals surface area (Å²) in [4.78, 5) is 57.9. The van der Waals surface area contributed by atoms with E-state index in [2.05, 4.69) is 29.4 Å². The van der Waals surface area contributed by atoms with E-state index in [9.17, 15) is 9.59 Å². The van der Waals surface area contributed by atoms with Gasteiger partial charge in [-0.1, -0.05) is 277 Å². The van der Waals surface area contributed by atoms with E-state index in [1.165, 1.54) is 12.9 Å². The molecular weight excluding hydrogens is 1140 g/mol. The number of hydrogen-bond donors (Lipinski definition) is 0. The van der Waals surface area contributed by atoms with Crippen LogP contribution in [-0.4, -0.2) is 46.1 Å². The Morgan fingerprint density at radius 2 is 0.459 bits per heavy atom. The van der Waals surface area contributed by atoms with Crippen molar-refractivity contribution in [1.82, 2.24) is 19.9 Å². The van der Waals surface area contributed by atoms with Gasteiger partial charge in [0.1, 0.15) is 0 Å². The van der Waals surface area contributed by atoms with Gasteiger partial charge in [0, 0.05) is 84.2 Å². The summed E-state index contributed by atoms with van der Waals surface area (Å²) in [6.45, 7) is 23.4. The molecule has 0 aliphatic heterocycles. The molecule has 0 saturated heterocycles. The summed E-state index contributed by atoms with van der Waals surface area (Å²) in [6, 6.07) is 28.7. The molecule has 2 aromatic heterocycles. The molecule has 0 aliphatic rings. The molecule has 2 radical (unpaired) electrons. The van der Waals surface area contributed by atoms with Gasteiger partial charge < -0.3 is 28.8 Å². The van der Waals surface area contributed by atoms with Crippen LogP contribution >= 0.6 is 0 Å². The molecule has 6 rings (SSSR count). The molecule has 4 aromatic carbocycles. The summed E-state index contributed by atoms with van der Waals surface area (Å²) >= 11 is 0. The van der Waals surface area contributed by atoms with Gasteiger partial charge in [-0.15, -0.1) is 24.3 Å². The van der Waals surface area contributed by atoms with E-state index in [-0.39, 0.29) is 223 Å². The quantitative estimate of drug-likeness (QED) is 0.0582. The van der Waals surface area contributed by atoms with Crippen LogP contribution in [0.25, 0.3) is 45.0 Å². The van der Waals surface area contributed by atoms with Crippen LogP contribution in [0.4, 0.5) is 0 Å². The summed E-state index contributed by atoms with van der Waals surface area (Å²) in [5.74, 6) is 3.31. The second kappa shape index (κ2) is 113. The first kappa shape index (κ1) is 178. The van der Waals surface area contributed by atoms with Gasteiger partial charge in [0.2, 0.25) is 0 Å². The third kappa shape index (κ3) is 64.5. The number of hydrogen-bond acceptors (Lipinski definition) is 12. The number of carbonyl (C=O) groups excluding carboxylic acids is 2. The average Bonchev–Trinajstić information content (AvgIpc) is 3.32. The van der Waals surface area contributed by atoms with Crippen LogP contribution in [0.1, 0.15) is 255 Å². The monoisotopic (exact) mass is 1290 g/mol. The van der Waals surface area contributed by atoms with Gasteiger partial charge in [-0.05, 0) is 72.9 Å². The zero-order valence-electron chi connectivity index (χ0n) is 35.9. The molecule has 0 bridgehead atoms. The molecule has 0 saturated carbocycles. The minimum absolute atomic E-state index is 0. The summed E-state index contributed by atoms with van der Waals surface area (Å²) < 4.78 is 9.29. The minimum Gasteiger partial charge on any atom is -0.610 e. The summed E-state index contributed by atoms with van der Waals surface area (Å²) in [7, 11) is 0. The SMILES string of the molecule is C.C.C.C.C.C.C.C.C.C.C.C.C.C.C.C.C.C.C.C.C.C.C.C.C.CC.CC.CC.CC.CCOOc1ccc(-c2cnc(-c3ccc(O[C-]=O)cc3)nc2)cc1.CCOOc1ccc(-c2ncc(-c3ccc(O[C-]=O)cc3)cn2)cc1.[V].[V]. The minimum atomic E-state index is 0. The fraction of sp³-hybridized carbons (Fsp3) is 0.521. The molecule has 0 fully saturated rings. The smallest absolute Gasteiger partial charge is 0.170 e. The van der Waals surface area contributed by atoms with Gasteiger partial charge in [0.25, 0.3) is 0 Å². The van der Waals surface area contributed by atoms with Crippen molar-refractivity contribution < 1.29 is 75.7 Å². The number of aromatic nitrogens is 4. The maximum Gasteiger partial charge on any atom is 0.170 e. The number of ether oxygens (including phenoxy) is 2. The summed E-state index contributed by atoms with van der Waals surface area (Å²) in [6.07, 6.45) is 7.00. The maximum absolute atomic E-state index is 10.2. The van der Waals surface area contributed by atoms with Crippen LogP contribution in [0, 0.1) is 0 Å². The van der Waals surface area contributed by atoms with Crippen LogP contribution in [0.5, 0.6) is 23.0 Å². The first-order valence-corrected chi connectivity index (χ1v) is 19.3. The molecule has 2 heterocycles. The molecule has 0 atom stereocenters. The second-order valence-corrected chi connectivity index (χ2v) is 10.0. The van der Waals surface area contributed by atoms with E-state index in [0.717, 1.165) is 33.4 Å². The molecule has 0 unspecified atom stereocenters. The van der Waals surface area contributed by atoms with E-state index in [4.69, 9.17) is 19.6 Å². The van der Waals surface area contributed by atoms with Crippen molar-refractivity contribution >= 4 is 12.9 Å². The van der Waals surface area contributed by atoms with Gasteiger partial charge in [0.15, 0.2) is 36.1 Å². The van der Waals surface area contributed by atoms with Crippen molar-refractivity contribution in [1.29, 1.82) is 0 Å². The van der Waals surface area contributed by atoms with Gasteiger partial charge in [0.05, 0.1) is 13.2 Å². The van der Waals surface area contributed by atoms with Gasteiger partial charge in [-0.25, -0.2) is 19.9 Å². The number of nitrogens with zero attached hydrogens (tertiary/aromatic N) is 4. The largest absolute Gasteiger partial charge is 0.610 e. The fourth-order valence-electron chi connectivity index (χ4n) is 4.35. The zero-order chi connectivity index (χ0) is 43.0. The topological polar surface area (TPSA) is 141 Å². The molecule has 6 aromatic rings. The third-order valence-corrected chi connectivity index (χ3v) is 6.77. The van der Waals surface area contributed by atoms with Crippen LogP contribution < -0.4 is 19.2 Å². The Morgan fingerprint density at radius 1 is 0.282 bits per heavy atom. The van der Waals surface area contributed by atoms with E-state index in [1.54, 1.807) is 73.3 Å². The number of rotatable bonds is 14. The maximum atomic E-state index is 10.2. The molecule has 0 aliphatic carbocycles. The molecule has 518 valence electrons. The van der Waals surface area contributed by atoms with Crippen LogP contribution in [0.2, 0.25) is 0 Å². The van der Waals surface area contributed by atoms with Crippen LogP contribution in [0.15, 0.2) is 122 Å². The van der Waals surface area contributed by atoms with Gasteiger partial charge in [-0.3, -0.25) is 0 Å². The standard InChI is InChI=1S/2C19H15N2O4.4C2H6.25CH4.2V/c1-2-24-25-18-9-3-14(4-10-18)16-11-20-19(21-12-16)15-5-7-17(8-6-15)23-13-22;1-2-24-25-18-9-5-15(6-10-18)19-20-11-16(12-21-19)14-3-7-17(8-4-14)23-13-22;4*1-2;;;;;;;;;;;;;;;;;;;;;;;;;;;/h2*3-12H,2H2,1H3;4*1-2H3;25*1H4;;/q2*-1;;;;;;;;;;;;;;;;;;;;;;;;;;;;;;;. The molecule has 85 heavy (non-hydrogen) atoms. The molecule has 0 N–H and O–H groups in total. The van der Waals surface area contributed by atoms with E-state index < -0.39 is 0 Å². The van der Waals surface area contributed by atoms with E-state index >= 15 is 0 Å². The molecule has 12 nitrogen and oxygen atoms in total. The molecular formula is C71H154N4O8V2-2. The Balaban J connectivity index is -0.0000000220. The predicted molar refractivity (Wildman–Crippen MR) is 397 cm³/mol. The Morgan fingerprint density at radius 3 is 0.635 bits per heavy atom. The summed E-state index contributed by atoms with van der Waals surface area (Å²) in [5.41, 5.74) is 5.35. The van der Waals surface area contributed by atoms with Crippen molar-refractivity contribution in [2.45, 2.75) is 255 Å². The Bertz CT molecular complexity index is 1800. The zero-order valence-corrected chi connectivity index (χ0v) is 38.7. The normalized spacial score (nSPS) is 6.33. The number of benzene rings is 4. The van der Waals surface area contributed by atoms with Crippen molar-refractivity contribution in [2.75, 3.05) is 13.2 Å². The fourth-order valence-corrected chi connectivity index (χ4v) is 4.35. The van der Waals surface area contributed by atoms with Crippen molar-refractivity contribution in [3.8, 4) is 68.0 Å². The second-order valence-electron chi connectivity index (χ2n) is 10.0. The third-order valence-electron chi connectivity index (χ3n) is 6.77. The van der Waals surface area contributed by atoms with Crippen LogP contribution in [0.3, 0.4) is 0 Å². The molecule has 0 spiro atoms. The summed E-state index contributed by atoms with van der Waals surface area (Å²) in [5, 5.41) is 0.